The van der Waals surface area contributed by atoms with Crippen LogP contribution < -0.4 is 4.90 Å². The van der Waals surface area contributed by atoms with Gasteiger partial charge in [0.05, 0.1) is 19.8 Å². The summed E-state index contributed by atoms with van der Waals surface area (Å²) in [6, 6.07) is 10.2. The molecule has 0 radical (unpaired) electrons. The summed E-state index contributed by atoms with van der Waals surface area (Å²) in [5.41, 5.74) is 2.33. The third-order valence-electron chi connectivity index (χ3n) is 6.24. The molecule has 3 heterocycles. The van der Waals surface area contributed by atoms with Crippen molar-refractivity contribution in [2.75, 3.05) is 64.4 Å². The predicted octanol–water partition coefficient (Wildman–Crippen LogP) is 3.00. The molecule has 0 atom stereocenters. The van der Waals surface area contributed by atoms with Gasteiger partial charge in [-0.05, 0) is 26.0 Å². The van der Waals surface area contributed by atoms with Crippen molar-refractivity contribution in [1.29, 1.82) is 0 Å². The third-order valence-corrected chi connectivity index (χ3v) is 6.24. The maximum Gasteiger partial charge on any atom is 0.222 e. The number of ether oxygens (including phenoxy) is 1. The van der Waals surface area contributed by atoms with Crippen LogP contribution in [0.25, 0.3) is 0 Å². The van der Waals surface area contributed by atoms with Gasteiger partial charge in [-0.3, -0.25) is 4.79 Å². The van der Waals surface area contributed by atoms with E-state index in [2.05, 4.69) is 51.1 Å². The van der Waals surface area contributed by atoms with Crippen molar-refractivity contribution < 1.29 is 9.53 Å². The van der Waals surface area contributed by atoms with Gasteiger partial charge in [0.1, 0.15) is 11.6 Å². The molecule has 182 valence electrons. The molecule has 2 aliphatic rings. The molecule has 2 aliphatic heterocycles. The summed E-state index contributed by atoms with van der Waals surface area (Å²) in [7, 11) is 2.09. The van der Waals surface area contributed by atoms with Gasteiger partial charge in [0.2, 0.25) is 5.91 Å². The SMILES string of the molecule is Cc1cccc(CN=Nc2cc(N3CCOCC3)nc(CCCC(=O)N3CCN(C)CC3)n2)c1. The zero-order chi connectivity index (χ0) is 23.8. The second-order valence-corrected chi connectivity index (χ2v) is 9.03. The van der Waals surface area contributed by atoms with Gasteiger partial charge in [0, 0.05) is 58.2 Å². The molecule has 4 rings (SSSR count). The molecular formula is C25H35N7O2. The average molecular weight is 466 g/mol. The first-order valence-corrected chi connectivity index (χ1v) is 12.2. The van der Waals surface area contributed by atoms with E-state index in [0.29, 0.717) is 44.2 Å². The largest absolute Gasteiger partial charge is 0.378 e. The Morgan fingerprint density at radius 3 is 2.62 bits per heavy atom. The molecule has 0 spiro atoms. The number of azo groups is 1. The fourth-order valence-electron chi connectivity index (χ4n) is 4.20. The molecule has 2 aromatic rings. The van der Waals surface area contributed by atoms with Crippen LogP contribution in [-0.2, 0) is 22.5 Å². The van der Waals surface area contributed by atoms with E-state index in [1.54, 1.807) is 0 Å². The number of aromatic nitrogens is 2. The second kappa shape index (κ2) is 12.0. The van der Waals surface area contributed by atoms with E-state index in [0.717, 1.165) is 57.1 Å². The first-order chi connectivity index (χ1) is 16.6. The maximum absolute atomic E-state index is 12.6. The minimum absolute atomic E-state index is 0.218. The Hall–Kier alpha value is -2.91. The molecule has 1 amide bonds. The summed E-state index contributed by atoms with van der Waals surface area (Å²) in [5, 5.41) is 8.79. The molecule has 9 nitrogen and oxygen atoms in total. The second-order valence-electron chi connectivity index (χ2n) is 9.03. The van der Waals surface area contributed by atoms with Crippen LogP contribution in [0, 0.1) is 6.92 Å². The summed E-state index contributed by atoms with van der Waals surface area (Å²) in [6.45, 7) is 9.02. The van der Waals surface area contributed by atoms with Gasteiger partial charge in [-0.2, -0.15) is 5.11 Å². The van der Waals surface area contributed by atoms with Crippen LogP contribution in [0.4, 0.5) is 11.6 Å². The molecule has 1 aromatic carbocycles. The Kier molecular flexibility index (Phi) is 8.54. The van der Waals surface area contributed by atoms with Crippen molar-refractivity contribution in [3.8, 4) is 0 Å². The number of morpholine rings is 1. The monoisotopic (exact) mass is 465 g/mol. The van der Waals surface area contributed by atoms with Gasteiger partial charge >= 0.3 is 0 Å². The van der Waals surface area contributed by atoms with Crippen LogP contribution in [0.2, 0.25) is 0 Å². The highest BCUT2D eigenvalue weighted by Gasteiger charge is 2.19. The molecule has 34 heavy (non-hydrogen) atoms. The quantitative estimate of drug-likeness (QED) is 0.557. The van der Waals surface area contributed by atoms with Gasteiger partial charge < -0.3 is 19.4 Å². The van der Waals surface area contributed by atoms with Gasteiger partial charge in [0.15, 0.2) is 5.82 Å². The molecule has 0 saturated carbocycles. The van der Waals surface area contributed by atoms with Crippen molar-refractivity contribution >= 4 is 17.5 Å². The molecular weight excluding hydrogens is 430 g/mol. The summed E-state index contributed by atoms with van der Waals surface area (Å²) >= 11 is 0. The lowest BCUT2D eigenvalue weighted by Gasteiger charge is -2.32. The minimum atomic E-state index is 0.218. The van der Waals surface area contributed by atoms with Crippen molar-refractivity contribution in [2.45, 2.75) is 32.7 Å². The van der Waals surface area contributed by atoms with Crippen LogP contribution in [0.3, 0.4) is 0 Å². The number of likely N-dealkylation sites (N-methyl/N-ethyl adjacent to an activating group) is 1. The third kappa shape index (κ3) is 7.04. The number of amides is 1. The van der Waals surface area contributed by atoms with Crippen LogP contribution in [0.5, 0.6) is 0 Å². The summed E-state index contributed by atoms with van der Waals surface area (Å²) in [5.74, 6) is 2.34. The number of rotatable bonds is 8. The molecule has 1 aromatic heterocycles. The van der Waals surface area contributed by atoms with Gasteiger partial charge in [-0.25, -0.2) is 9.97 Å². The molecule has 0 aliphatic carbocycles. The normalized spacial score (nSPS) is 17.5. The number of carbonyl (C=O) groups is 1. The highest BCUT2D eigenvalue weighted by atomic mass is 16.5. The highest BCUT2D eigenvalue weighted by Crippen LogP contribution is 2.21. The average Bonchev–Trinajstić information content (AvgIpc) is 2.85. The molecule has 0 N–H and O–H groups in total. The van der Waals surface area contributed by atoms with Crippen molar-refractivity contribution in [3.05, 3.63) is 47.3 Å². The van der Waals surface area contributed by atoms with E-state index in [4.69, 9.17) is 9.72 Å². The first-order valence-electron chi connectivity index (χ1n) is 12.2. The lowest BCUT2D eigenvalue weighted by atomic mass is 10.1. The fourth-order valence-corrected chi connectivity index (χ4v) is 4.20. The van der Waals surface area contributed by atoms with E-state index >= 15 is 0 Å². The lowest BCUT2D eigenvalue weighted by molar-refractivity contribution is -0.132. The zero-order valence-corrected chi connectivity index (χ0v) is 20.3. The molecule has 0 unspecified atom stereocenters. The Bertz CT molecular complexity index is 983. The van der Waals surface area contributed by atoms with Crippen LogP contribution in [-0.4, -0.2) is 85.2 Å². The van der Waals surface area contributed by atoms with E-state index in [9.17, 15) is 4.79 Å². The predicted molar refractivity (Wildman–Crippen MR) is 131 cm³/mol. The van der Waals surface area contributed by atoms with Crippen molar-refractivity contribution in [1.82, 2.24) is 19.8 Å². The van der Waals surface area contributed by atoms with E-state index < -0.39 is 0 Å². The highest BCUT2D eigenvalue weighted by molar-refractivity contribution is 5.76. The van der Waals surface area contributed by atoms with Gasteiger partial charge in [-0.1, -0.05) is 29.8 Å². The Morgan fingerprint density at radius 2 is 1.85 bits per heavy atom. The summed E-state index contributed by atoms with van der Waals surface area (Å²) in [4.78, 5) is 28.4. The number of hydrogen-bond acceptors (Lipinski definition) is 8. The molecule has 0 bridgehead atoms. The number of piperazine rings is 1. The van der Waals surface area contributed by atoms with E-state index in [1.807, 2.05) is 23.1 Å². The molecule has 9 heteroatoms. The number of benzene rings is 1. The number of aryl methyl sites for hydroxylation is 2. The number of anilines is 1. The molecule has 2 saturated heterocycles. The zero-order valence-electron chi connectivity index (χ0n) is 20.3. The van der Waals surface area contributed by atoms with Gasteiger partial charge in [-0.15, -0.1) is 5.11 Å². The van der Waals surface area contributed by atoms with Crippen molar-refractivity contribution in [2.24, 2.45) is 10.2 Å². The summed E-state index contributed by atoms with van der Waals surface area (Å²) in [6.07, 6.45) is 1.87. The van der Waals surface area contributed by atoms with Crippen LogP contribution in [0.15, 0.2) is 40.6 Å². The Labute approximate surface area is 201 Å². The minimum Gasteiger partial charge on any atom is -0.378 e. The standard InChI is InChI=1S/C25H35N7O2/c1-20-5-3-6-21(17-20)19-26-29-23-18-24(31-13-15-34-16-14-31)28-22(27-23)7-4-8-25(33)32-11-9-30(2)10-12-32/h3,5-6,17-18H,4,7-16,19H2,1-2H3. The van der Waals surface area contributed by atoms with Gasteiger partial charge in [0.25, 0.3) is 0 Å². The number of hydrogen-bond donors (Lipinski definition) is 0. The van der Waals surface area contributed by atoms with E-state index in [-0.39, 0.29) is 5.91 Å². The lowest BCUT2D eigenvalue weighted by Crippen LogP contribution is -2.47. The first kappa shape index (κ1) is 24.2. The topological polar surface area (TPSA) is 86.5 Å². The number of nitrogens with zero attached hydrogens (tertiary/aromatic N) is 7. The van der Waals surface area contributed by atoms with Crippen LogP contribution >= 0.6 is 0 Å². The Balaban J connectivity index is 1.40. The Morgan fingerprint density at radius 1 is 1.06 bits per heavy atom. The smallest absolute Gasteiger partial charge is 0.222 e. The number of carbonyl (C=O) groups excluding carboxylic acids is 1. The molecule has 2 fully saturated rings. The summed E-state index contributed by atoms with van der Waals surface area (Å²) < 4.78 is 5.49. The van der Waals surface area contributed by atoms with Crippen molar-refractivity contribution in [3.63, 3.8) is 0 Å². The fraction of sp³-hybridized carbons (Fsp3) is 0.560. The maximum atomic E-state index is 12.6. The van der Waals surface area contributed by atoms with Crippen LogP contribution in [0.1, 0.15) is 29.8 Å². The van der Waals surface area contributed by atoms with E-state index in [1.165, 1.54) is 5.56 Å².